The lowest BCUT2D eigenvalue weighted by molar-refractivity contribution is -0.114. The van der Waals surface area contributed by atoms with Crippen molar-refractivity contribution >= 4 is 58.2 Å². The Balaban J connectivity index is 1.89. The summed E-state index contributed by atoms with van der Waals surface area (Å²) in [4.78, 5) is 40.9. The highest BCUT2D eigenvalue weighted by Crippen LogP contribution is 2.30. The molecule has 2 aromatic rings. The molecule has 1 aliphatic rings. The Labute approximate surface area is 186 Å². The predicted octanol–water partition coefficient (Wildman–Crippen LogP) is 3.77. The first-order chi connectivity index (χ1) is 15.1. The number of hydrogen-bond acceptors (Lipinski definition) is 6. The number of amides is 2. The van der Waals surface area contributed by atoms with Gasteiger partial charge >= 0.3 is 6.09 Å². The van der Waals surface area contributed by atoms with Crippen molar-refractivity contribution in [3.8, 4) is 0 Å². The highest BCUT2D eigenvalue weighted by atomic mass is 32.1. The third-order valence-corrected chi connectivity index (χ3v) is 4.37. The Hall–Kier alpha value is -3.73. The van der Waals surface area contributed by atoms with Gasteiger partial charge in [0, 0.05) is 31.0 Å². The fourth-order valence-electron chi connectivity index (χ4n) is 2.91. The second-order valence-corrected chi connectivity index (χ2v) is 7.41. The SMILES string of the molecule is CC(=O)Nc1cccc(=O)c(Nc2c(F)cc(N3C[C@H](C=NC(C)=S)OC3=O)cc2F)c1. The Kier molecular flexibility index (Phi) is 6.89. The van der Waals surface area contributed by atoms with Gasteiger partial charge < -0.3 is 15.4 Å². The van der Waals surface area contributed by atoms with Crippen molar-refractivity contribution in [3.63, 3.8) is 0 Å². The Morgan fingerprint density at radius 3 is 2.53 bits per heavy atom. The summed E-state index contributed by atoms with van der Waals surface area (Å²) in [5, 5.41) is 4.93. The first kappa shape index (κ1) is 22.9. The molecule has 166 valence electrons. The minimum Gasteiger partial charge on any atom is -0.438 e. The van der Waals surface area contributed by atoms with E-state index in [1.54, 1.807) is 6.92 Å². The molecule has 1 atom stereocenters. The maximum Gasteiger partial charge on any atom is 0.415 e. The van der Waals surface area contributed by atoms with E-state index < -0.39 is 34.9 Å². The van der Waals surface area contributed by atoms with Gasteiger partial charge in [0.25, 0.3) is 0 Å². The third kappa shape index (κ3) is 5.49. The van der Waals surface area contributed by atoms with Gasteiger partial charge in [0.15, 0.2) is 17.7 Å². The van der Waals surface area contributed by atoms with E-state index in [1.807, 2.05) is 0 Å². The van der Waals surface area contributed by atoms with Crippen LogP contribution in [0.5, 0.6) is 0 Å². The van der Waals surface area contributed by atoms with E-state index in [1.165, 1.54) is 37.4 Å². The molecule has 8 nitrogen and oxygen atoms in total. The number of nitrogens with zero attached hydrogens (tertiary/aromatic N) is 2. The van der Waals surface area contributed by atoms with Gasteiger partial charge in [-0.15, -0.1) is 0 Å². The van der Waals surface area contributed by atoms with Crippen molar-refractivity contribution < 1.29 is 23.1 Å². The van der Waals surface area contributed by atoms with E-state index in [0.717, 1.165) is 17.0 Å². The first-order valence-corrected chi connectivity index (χ1v) is 9.76. The smallest absolute Gasteiger partial charge is 0.415 e. The van der Waals surface area contributed by atoms with Gasteiger partial charge in [0.1, 0.15) is 5.69 Å². The number of rotatable bonds is 5. The van der Waals surface area contributed by atoms with Crippen LogP contribution in [-0.4, -0.2) is 35.9 Å². The number of carbonyl (C=O) groups is 2. The average molecular weight is 460 g/mol. The Morgan fingerprint density at radius 2 is 1.91 bits per heavy atom. The summed E-state index contributed by atoms with van der Waals surface area (Å²) in [6.45, 7) is 2.87. The van der Waals surface area contributed by atoms with Crippen LogP contribution >= 0.6 is 12.2 Å². The van der Waals surface area contributed by atoms with Crippen molar-refractivity contribution in [3.05, 3.63) is 58.3 Å². The van der Waals surface area contributed by atoms with Crippen molar-refractivity contribution in [2.45, 2.75) is 20.0 Å². The highest BCUT2D eigenvalue weighted by molar-refractivity contribution is 7.80. The molecule has 2 amide bonds. The zero-order valence-electron chi connectivity index (χ0n) is 17.0. The van der Waals surface area contributed by atoms with E-state index in [-0.39, 0.29) is 29.5 Å². The molecule has 0 unspecified atom stereocenters. The number of aliphatic imine (C=N–C) groups is 1. The summed E-state index contributed by atoms with van der Waals surface area (Å²) in [5.41, 5.74) is -1.10. The number of carbonyl (C=O) groups excluding carboxylic acids is 2. The molecular formula is C21H18F2N4O4S. The standard InChI is InChI=1S/C21H18F2N4O4S/c1-11(28)25-13-4-3-5-19(29)18(6-13)26-20-16(22)7-14(8-17(20)23)27-10-15(31-21(27)30)9-24-12(2)32/h3-9,15H,10H2,1-2H3,(H,25,28)(H,26,29)/t15-/m0/s1. The number of cyclic esters (lactones) is 1. The molecule has 0 radical (unpaired) electrons. The van der Waals surface area contributed by atoms with E-state index in [9.17, 15) is 23.2 Å². The van der Waals surface area contributed by atoms with Gasteiger partial charge in [-0.3, -0.25) is 19.5 Å². The van der Waals surface area contributed by atoms with E-state index in [4.69, 9.17) is 17.0 Å². The summed E-state index contributed by atoms with van der Waals surface area (Å²) in [6, 6.07) is 7.20. The minimum absolute atomic E-state index is 0.00406. The largest absolute Gasteiger partial charge is 0.438 e. The summed E-state index contributed by atoms with van der Waals surface area (Å²) >= 11 is 4.83. The van der Waals surface area contributed by atoms with Gasteiger partial charge in [0.2, 0.25) is 11.3 Å². The number of benzene rings is 1. The highest BCUT2D eigenvalue weighted by Gasteiger charge is 2.32. The monoisotopic (exact) mass is 460 g/mol. The second kappa shape index (κ2) is 9.60. The van der Waals surface area contributed by atoms with Crippen molar-refractivity contribution in [2.75, 3.05) is 22.1 Å². The van der Waals surface area contributed by atoms with Gasteiger partial charge in [-0.2, -0.15) is 0 Å². The van der Waals surface area contributed by atoms with Gasteiger partial charge in [-0.1, -0.05) is 18.3 Å². The lowest BCUT2D eigenvalue weighted by Crippen LogP contribution is -2.25. The molecule has 1 fully saturated rings. The number of anilines is 4. The molecule has 2 N–H and O–H groups in total. The predicted molar refractivity (Wildman–Crippen MR) is 121 cm³/mol. The van der Waals surface area contributed by atoms with Crippen LogP contribution in [0.25, 0.3) is 0 Å². The number of nitrogens with one attached hydrogen (secondary N) is 2. The van der Waals surface area contributed by atoms with Crippen molar-refractivity contribution in [1.82, 2.24) is 0 Å². The van der Waals surface area contributed by atoms with E-state index >= 15 is 0 Å². The molecule has 0 bridgehead atoms. The van der Waals surface area contributed by atoms with Crippen LogP contribution in [0.4, 0.5) is 36.3 Å². The molecule has 0 aromatic heterocycles. The molecule has 1 aliphatic heterocycles. The van der Waals surface area contributed by atoms with Crippen LogP contribution < -0.4 is 21.0 Å². The van der Waals surface area contributed by atoms with Crippen molar-refractivity contribution in [2.24, 2.45) is 4.99 Å². The fraction of sp³-hybridized carbons (Fsp3) is 0.190. The Bertz CT molecular complexity index is 1170. The van der Waals surface area contributed by atoms with E-state index in [0.29, 0.717) is 4.99 Å². The zero-order valence-corrected chi connectivity index (χ0v) is 17.8. The molecular weight excluding hydrogens is 442 g/mol. The average Bonchev–Trinajstić information content (AvgIpc) is 2.98. The normalized spacial score (nSPS) is 15.6. The van der Waals surface area contributed by atoms with Gasteiger partial charge in [0.05, 0.1) is 22.9 Å². The lowest BCUT2D eigenvalue weighted by atomic mass is 10.2. The van der Waals surface area contributed by atoms with Gasteiger partial charge in [-0.25, -0.2) is 13.6 Å². The summed E-state index contributed by atoms with van der Waals surface area (Å²) < 4.78 is 34.6. The zero-order chi connectivity index (χ0) is 23.4. The molecule has 2 aromatic carbocycles. The summed E-state index contributed by atoms with van der Waals surface area (Å²) in [7, 11) is 0. The third-order valence-electron chi connectivity index (χ3n) is 4.26. The number of ether oxygens (including phenoxy) is 1. The molecule has 1 saturated heterocycles. The molecule has 1 heterocycles. The maximum atomic E-state index is 14.8. The van der Waals surface area contributed by atoms with Crippen LogP contribution in [0.2, 0.25) is 0 Å². The fourth-order valence-corrected chi connectivity index (χ4v) is 2.97. The molecule has 0 saturated carbocycles. The number of halogens is 2. The molecule has 0 spiro atoms. The van der Waals surface area contributed by atoms with E-state index in [2.05, 4.69) is 15.6 Å². The molecule has 0 aliphatic carbocycles. The van der Waals surface area contributed by atoms with Crippen molar-refractivity contribution in [1.29, 1.82) is 0 Å². The number of thiocarbonyl (C=S) groups is 1. The van der Waals surface area contributed by atoms with Crippen LogP contribution in [0.3, 0.4) is 0 Å². The first-order valence-electron chi connectivity index (χ1n) is 9.35. The minimum atomic E-state index is -1.04. The summed E-state index contributed by atoms with van der Waals surface area (Å²) in [5.74, 6) is -2.45. The van der Waals surface area contributed by atoms with Crippen LogP contribution in [0.1, 0.15) is 13.8 Å². The molecule has 11 heteroatoms. The van der Waals surface area contributed by atoms with Crippen LogP contribution in [-0.2, 0) is 9.53 Å². The topological polar surface area (TPSA) is 100 Å². The number of hydrogen-bond donors (Lipinski definition) is 2. The second-order valence-electron chi connectivity index (χ2n) is 6.82. The van der Waals surface area contributed by atoms with Gasteiger partial charge in [-0.05, 0) is 25.1 Å². The summed E-state index contributed by atoms with van der Waals surface area (Å²) in [6.07, 6.45) is -0.163. The lowest BCUT2D eigenvalue weighted by Gasteiger charge is -2.15. The Morgan fingerprint density at radius 1 is 1.22 bits per heavy atom. The molecule has 32 heavy (non-hydrogen) atoms. The maximum absolute atomic E-state index is 14.8. The quantitative estimate of drug-likeness (QED) is 0.521. The van der Waals surface area contributed by atoms with Crippen LogP contribution in [0, 0.1) is 11.6 Å². The molecule has 3 rings (SSSR count). The van der Waals surface area contributed by atoms with Crippen LogP contribution in [0.15, 0.2) is 46.2 Å².